The number of hydrogen-bond acceptors (Lipinski definition) is 3. The van der Waals surface area contributed by atoms with Gasteiger partial charge in [0.25, 0.3) is 0 Å². The molecule has 2 amide bonds. The third kappa shape index (κ3) is 3.57. The van der Waals surface area contributed by atoms with Gasteiger partial charge in [0.15, 0.2) is 5.78 Å². The van der Waals surface area contributed by atoms with E-state index >= 15 is 0 Å². The largest absolute Gasteiger partial charge is 0.480 e. The van der Waals surface area contributed by atoms with E-state index in [1.165, 1.54) is 6.92 Å². The van der Waals surface area contributed by atoms with Crippen molar-refractivity contribution in [2.45, 2.75) is 25.8 Å². The van der Waals surface area contributed by atoms with E-state index in [1.54, 1.807) is 24.3 Å². The molecular weight excluding hydrogens is 260 g/mol. The number of aliphatic carboxylic acids is 1. The van der Waals surface area contributed by atoms with Crippen LogP contribution in [0, 0.1) is 5.92 Å². The van der Waals surface area contributed by atoms with E-state index in [-0.39, 0.29) is 11.7 Å². The standard InChI is InChI=1S/C14H16N2O4/c1-8(17)9-4-6-11(7-5-9)15-14(20)16-12(13(18)19)10-2-3-10/h4-7,10,12H,2-3H2,1H3,(H,18,19)(H2,15,16,20). The molecule has 0 saturated heterocycles. The van der Waals surface area contributed by atoms with E-state index in [0.717, 1.165) is 12.8 Å². The second-order valence-electron chi connectivity index (χ2n) is 4.89. The molecule has 1 aromatic carbocycles. The molecule has 6 nitrogen and oxygen atoms in total. The average molecular weight is 276 g/mol. The van der Waals surface area contributed by atoms with Gasteiger partial charge in [-0.15, -0.1) is 0 Å². The van der Waals surface area contributed by atoms with Crippen molar-refractivity contribution in [3.05, 3.63) is 29.8 Å². The van der Waals surface area contributed by atoms with Gasteiger partial charge in [-0.3, -0.25) is 4.79 Å². The first-order valence-electron chi connectivity index (χ1n) is 6.38. The Balaban J connectivity index is 1.93. The van der Waals surface area contributed by atoms with Crippen molar-refractivity contribution in [1.82, 2.24) is 5.32 Å². The van der Waals surface area contributed by atoms with Gasteiger partial charge in [-0.2, -0.15) is 0 Å². The van der Waals surface area contributed by atoms with Crippen LogP contribution in [0.3, 0.4) is 0 Å². The maximum absolute atomic E-state index is 11.7. The quantitative estimate of drug-likeness (QED) is 0.715. The zero-order valence-electron chi connectivity index (χ0n) is 11.1. The number of amides is 2. The maximum Gasteiger partial charge on any atom is 0.326 e. The van der Waals surface area contributed by atoms with E-state index in [0.29, 0.717) is 11.3 Å². The van der Waals surface area contributed by atoms with Gasteiger partial charge in [0.05, 0.1) is 0 Å². The molecular formula is C14H16N2O4. The number of nitrogens with one attached hydrogen (secondary N) is 2. The number of ketones is 1. The first-order valence-corrected chi connectivity index (χ1v) is 6.38. The lowest BCUT2D eigenvalue weighted by atomic mass is 10.1. The number of benzene rings is 1. The van der Waals surface area contributed by atoms with Crippen LogP contribution in [0.1, 0.15) is 30.1 Å². The first kappa shape index (κ1) is 14.0. The van der Waals surface area contributed by atoms with Crippen molar-refractivity contribution in [3.8, 4) is 0 Å². The molecule has 0 heterocycles. The van der Waals surface area contributed by atoms with Crippen LogP contribution in [0.2, 0.25) is 0 Å². The third-order valence-electron chi connectivity index (χ3n) is 3.20. The molecule has 0 bridgehead atoms. The molecule has 1 aliphatic rings. The summed E-state index contributed by atoms with van der Waals surface area (Å²) in [4.78, 5) is 33.9. The molecule has 0 spiro atoms. The zero-order chi connectivity index (χ0) is 14.7. The minimum Gasteiger partial charge on any atom is -0.480 e. The highest BCUT2D eigenvalue weighted by Crippen LogP contribution is 2.32. The zero-order valence-corrected chi connectivity index (χ0v) is 11.1. The number of Topliss-reactive ketones (excluding diaryl/α,β-unsaturated/α-hetero) is 1. The van der Waals surface area contributed by atoms with Crippen molar-refractivity contribution < 1.29 is 19.5 Å². The Morgan fingerprint density at radius 2 is 1.80 bits per heavy atom. The number of hydrogen-bond donors (Lipinski definition) is 3. The minimum atomic E-state index is -1.02. The molecule has 1 aromatic rings. The van der Waals surface area contributed by atoms with Crippen molar-refractivity contribution in [2.75, 3.05) is 5.32 Å². The van der Waals surface area contributed by atoms with Crippen molar-refractivity contribution >= 4 is 23.5 Å². The smallest absolute Gasteiger partial charge is 0.326 e. The fraction of sp³-hybridized carbons (Fsp3) is 0.357. The van der Waals surface area contributed by atoms with E-state index < -0.39 is 18.0 Å². The number of anilines is 1. The average Bonchev–Trinajstić information content (AvgIpc) is 3.20. The number of urea groups is 1. The molecule has 1 fully saturated rings. The second-order valence-corrected chi connectivity index (χ2v) is 4.89. The Bertz CT molecular complexity index is 535. The van der Waals surface area contributed by atoms with Crippen LogP contribution in [0.25, 0.3) is 0 Å². The molecule has 0 radical (unpaired) electrons. The number of carbonyl (C=O) groups is 3. The van der Waals surface area contributed by atoms with Crippen LogP contribution in [-0.2, 0) is 4.79 Å². The summed E-state index contributed by atoms with van der Waals surface area (Å²) in [6.45, 7) is 1.46. The molecule has 20 heavy (non-hydrogen) atoms. The molecule has 3 N–H and O–H groups in total. The predicted molar refractivity (Wildman–Crippen MR) is 72.7 cm³/mol. The van der Waals surface area contributed by atoms with Gasteiger partial charge in [0, 0.05) is 11.3 Å². The highest BCUT2D eigenvalue weighted by Gasteiger charge is 2.37. The molecule has 0 aromatic heterocycles. The van der Waals surface area contributed by atoms with Gasteiger partial charge in [0.1, 0.15) is 6.04 Å². The molecule has 1 atom stereocenters. The maximum atomic E-state index is 11.7. The molecule has 1 unspecified atom stereocenters. The van der Waals surface area contributed by atoms with Gasteiger partial charge in [0.2, 0.25) is 0 Å². The minimum absolute atomic E-state index is 0.0262. The van der Waals surface area contributed by atoms with Gasteiger partial charge in [-0.1, -0.05) is 0 Å². The Hall–Kier alpha value is -2.37. The SMILES string of the molecule is CC(=O)c1ccc(NC(=O)NC(C(=O)O)C2CC2)cc1. The Morgan fingerprint density at radius 3 is 2.25 bits per heavy atom. The molecule has 2 rings (SSSR count). The first-order chi connectivity index (χ1) is 9.47. The summed E-state index contributed by atoms with van der Waals surface area (Å²) in [6, 6.07) is 5.01. The van der Waals surface area contributed by atoms with Gasteiger partial charge < -0.3 is 15.7 Å². The Morgan fingerprint density at radius 1 is 1.20 bits per heavy atom. The van der Waals surface area contributed by atoms with Gasteiger partial charge >= 0.3 is 12.0 Å². The van der Waals surface area contributed by atoms with Crippen LogP contribution < -0.4 is 10.6 Å². The monoisotopic (exact) mass is 276 g/mol. The summed E-state index contributed by atoms with van der Waals surface area (Å²) in [6.07, 6.45) is 1.65. The lowest BCUT2D eigenvalue weighted by molar-refractivity contribution is -0.139. The highest BCUT2D eigenvalue weighted by molar-refractivity contribution is 5.96. The van der Waals surface area contributed by atoms with E-state index in [4.69, 9.17) is 5.11 Å². The van der Waals surface area contributed by atoms with E-state index in [1.807, 2.05) is 0 Å². The Kier molecular flexibility index (Phi) is 4.02. The fourth-order valence-corrected chi connectivity index (χ4v) is 1.91. The molecule has 1 saturated carbocycles. The number of rotatable bonds is 5. The van der Waals surface area contributed by atoms with Crippen LogP contribution in [0.15, 0.2) is 24.3 Å². The van der Waals surface area contributed by atoms with E-state index in [2.05, 4.69) is 10.6 Å². The summed E-state index contributed by atoms with van der Waals surface area (Å²) in [5.74, 6) is -1.05. The summed E-state index contributed by atoms with van der Waals surface area (Å²) < 4.78 is 0. The van der Waals surface area contributed by atoms with Gasteiger partial charge in [-0.25, -0.2) is 9.59 Å². The second kappa shape index (κ2) is 5.73. The molecule has 106 valence electrons. The fourth-order valence-electron chi connectivity index (χ4n) is 1.91. The number of carboxylic acids is 1. The normalized spacial score (nSPS) is 15.2. The third-order valence-corrected chi connectivity index (χ3v) is 3.20. The summed E-state index contributed by atoms with van der Waals surface area (Å²) in [7, 11) is 0. The molecule has 1 aliphatic carbocycles. The van der Waals surface area contributed by atoms with Crippen molar-refractivity contribution in [1.29, 1.82) is 0 Å². The van der Waals surface area contributed by atoms with Crippen LogP contribution in [0.5, 0.6) is 0 Å². The summed E-state index contributed by atoms with van der Waals surface area (Å²) >= 11 is 0. The van der Waals surface area contributed by atoms with Crippen LogP contribution in [-0.4, -0.2) is 28.9 Å². The lowest BCUT2D eigenvalue weighted by Gasteiger charge is -2.14. The van der Waals surface area contributed by atoms with Gasteiger partial charge in [-0.05, 0) is 49.9 Å². The molecule has 6 heteroatoms. The summed E-state index contributed by atoms with van der Waals surface area (Å²) in [5.41, 5.74) is 1.06. The summed E-state index contributed by atoms with van der Waals surface area (Å²) in [5, 5.41) is 14.0. The molecule has 0 aliphatic heterocycles. The van der Waals surface area contributed by atoms with E-state index in [9.17, 15) is 14.4 Å². The van der Waals surface area contributed by atoms with Crippen molar-refractivity contribution in [2.24, 2.45) is 5.92 Å². The topological polar surface area (TPSA) is 95.5 Å². The number of carbonyl (C=O) groups excluding carboxylic acids is 2. The van der Waals surface area contributed by atoms with Crippen LogP contribution >= 0.6 is 0 Å². The van der Waals surface area contributed by atoms with Crippen LogP contribution in [0.4, 0.5) is 10.5 Å². The lowest BCUT2D eigenvalue weighted by Crippen LogP contribution is -2.44. The number of carboxylic acid groups (broad SMARTS) is 1. The predicted octanol–water partition coefficient (Wildman–Crippen LogP) is 1.87. The van der Waals surface area contributed by atoms with Crippen molar-refractivity contribution in [3.63, 3.8) is 0 Å². The highest BCUT2D eigenvalue weighted by atomic mass is 16.4. The Labute approximate surface area is 116 Å².